The number of benzene rings is 2. The Labute approximate surface area is 192 Å². The molecule has 1 aliphatic heterocycles. The monoisotopic (exact) mass is 451 g/mol. The van der Waals surface area contributed by atoms with Gasteiger partial charge in [0, 0.05) is 42.2 Å². The average Bonchev–Trinajstić information content (AvgIpc) is 2.82. The summed E-state index contributed by atoms with van der Waals surface area (Å²) >= 11 is 6.51. The third-order valence-electron chi connectivity index (χ3n) is 5.65. The molecule has 0 aliphatic carbocycles. The minimum absolute atomic E-state index is 0.0802. The zero-order valence-corrected chi connectivity index (χ0v) is 19.0. The van der Waals surface area contributed by atoms with Crippen LogP contribution in [0.1, 0.15) is 30.6 Å². The van der Waals surface area contributed by atoms with Crippen molar-refractivity contribution in [3.05, 3.63) is 65.2 Å². The van der Waals surface area contributed by atoms with E-state index in [9.17, 15) is 9.59 Å². The molecule has 1 aliphatic rings. The summed E-state index contributed by atoms with van der Waals surface area (Å²) in [5.41, 5.74) is 2.96. The SMILES string of the molecule is CCCOC(=O)N1CCN(C(=O)c2ccc3c(Cl)cc(-c4ccccc4)nc3c2)C[C@H]1C. The van der Waals surface area contributed by atoms with Crippen molar-refractivity contribution < 1.29 is 14.3 Å². The number of hydrogen-bond acceptors (Lipinski definition) is 4. The van der Waals surface area contributed by atoms with Gasteiger partial charge in [0.15, 0.2) is 0 Å². The van der Waals surface area contributed by atoms with Crippen LogP contribution in [0.5, 0.6) is 0 Å². The first kappa shape index (κ1) is 22.1. The number of halogens is 1. The molecule has 0 saturated carbocycles. The fourth-order valence-electron chi connectivity index (χ4n) is 3.94. The molecule has 1 aromatic heterocycles. The molecule has 2 aromatic carbocycles. The highest BCUT2D eigenvalue weighted by Gasteiger charge is 2.31. The van der Waals surface area contributed by atoms with Crippen LogP contribution in [0.4, 0.5) is 4.79 Å². The lowest BCUT2D eigenvalue weighted by atomic mass is 10.1. The molecule has 0 bridgehead atoms. The summed E-state index contributed by atoms with van der Waals surface area (Å²) in [6, 6.07) is 17.0. The number of carbonyl (C=O) groups is 2. The lowest BCUT2D eigenvalue weighted by Crippen LogP contribution is -2.55. The molecule has 166 valence electrons. The molecule has 0 radical (unpaired) electrons. The van der Waals surface area contributed by atoms with Crippen molar-refractivity contribution >= 4 is 34.5 Å². The number of ether oxygens (including phenoxy) is 1. The molecular formula is C25H26ClN3O3. The molecule has 2 amide bonds. The molecule has 1 fully saturated rings. The highest BCUT2D eigenvalue weighted by Crippen LogP contribution is 2.29. The Morgan fingerprint density at radius 2 is 1.91 bits per heavy atom. The Balaban J connectivity index is 1.54. The van der Waals surface area contributed by atoms with Crippen LogP contribution in [0, 0.1) is 0 Å². The van der Waals surface area contributed by atoms with E-state index in [0.29, 0.717) is 42.3 Å². The first-order chi connectivity index (χ1) is 15.5. The second-order valence-electron chi connectivity index (χ2n) is 8.00. The van der Waals surface area contributed by atoms with Crippen molar-refractivity contribution in [3.8, 4) is 11.3 Å². The number of pyridine rings is 1. The van der Waals surface area contributed by atoms with Crippen LogP contribution in [0.3, 0.4) is 0 Å². The number of nitrogens with zero attached hydrogens (tertiary/aromatic N) is 3. The predicted molar refractivity (Wildman–Crippen MR) is 126 cm³/mol. The van der Waals surface area contributed by atoms with Gasteiger partial charge in [-0.15, -0.1) is 0 Å². The number of rotatable bonds is 4. The van der Waals surface area contributed by atoms with E-state index in [1.54, 1.807) is 21.9 Å². The molecule has 32 heavy (non-hydrogen) atoms. The summed E-state index contributed by atoms with van der Waals surface area (Å²) in [7, 11) is 0. The van der Waals surface area contributed by atoms with E-state index in [1.165, 1.54) is 0 Å². The van der Waals surface area contributed by atoms with Crippen molar-refractivity contribution in [1.29, 1.82) is 0 Å². The van der Waals surface area contributed by atoms with E-state index in [0.717, 1.165) is 23.1 Å². The van der Waals surface area contributed by atoms with Crippen molar-refractivity contribution in [2.45, 2.75) is 26.3 Å². The number of fused-ring (bicyclic) bond motifs is 1. The first-order valence-corrected chi connectivity index (χ1v) is 11.2. The van der Waals surface area contributed by atoms with Crippen molar-refractivity contribution in [3.63, 3.8) is 0 Å². The smallest absolute Gasteiger partial charge is 0.410 e. The first-order valence-electron chi connectivity index (χ1n) is 10.9. The highest BCUT2D eigenvalue weighted by atomic mass is 35.5. The van der Waals surface area contributed by atoms with Crippen LogP contribution in [-0.2, 0) is 4.74 Å². The maximum Gasteiger partial charge on any atom is 0.410 e. The largest absolute Gasteiger partial charge is 0.449 e. The molecule has 2 heterocycles. The molecule has 4 rings (SSSR count). The van der Waals surface area contributed by atoms with E-state index in [-0.39, 0.29) is 18.0 Å². The molecule has 1 atom stereocenters. The van der Waals surface area contributed by atoms with E-state index in [2.05, 4.69) is 0 Å². The Morgan fingerprint density at radius 1 is 1.12 bits per heavy atom. The quantitative estimate of drug-likeness (QED) is 0.543. The van der Waals surface area contributed by atoms with Crippen molar-refractivity contribution in [1.82, 2.24) is 14.8 Å². The topological polar surface area (TPSA) is 62.7 Å². The maximum atomic E-state index is 13.2. The minimum atomic E-state index is -0.315. The van der Waals surface area contributed by atoms with Crippen LogP contribution in [0.25, 0.3) is 22.2 Å². The third kappa shape index (κ3) is 4.55. The lowest BCUT2D eigenvalue weighted by Gasteiger charge is -2.39. The summed E-state index contributed by atoms with van der Waals surface area (Å²) in [4.78, 5) is 33.6. The summed E-state index contributed by atoms with van der Waals surface area (Å²) in [5, 5.41) is 1.40. The number of aromatic nitrogens is 1. The van der Waals surface area contributed by atoms with Gasteiger partial charge in [0.2, 0.25) is 0 Å². The second-order valence-corrected chi connectivity index (χ2v) is 8.40. The maximum absolute atomic E-state index is 13.2. The molecule has 0 unspecified atom stereocenters. The lowest BCUT2D eigenvalue weighted by molar-refractivity contribution is 0.0412. The Bertz CT molecular complexity index is 1140. The normalized spacial score (nSPS) is 16.3. The van der Waals surface area contributed by atoms with E-state index >= 15 is 0 Å². The number of piperazine rings is 1. The molecule has 7 heteroatoms. The van der Waals surface area contributed by atoms with Gasteiger partial charge in [-0.2, -0.15) is 0 Å². The van der Waals surface area contributed by atoms with Gasteiger partial charge < -0.3 is 14.5 Å². The molecule has 0 N–H and O–H groups in total. The molecule has 0 spiro atoms. The predicted octanol–water partition coefficient (Wildman–Crippen LogP) is 5.25. The average molecular weight is 452 g/mol. The van der Waals surface area contributed by atoms with Gasteiger partial charge in [0.1, 0.15) is 0 Å². The highest BCUT2D eigenvalue weighted by molar-refractivity contribution is 6.35. The Morgan fingerprint density at radius 3 is 2.62 bits per heavy atom. The van der Waals surface area contributed by atoms with Gasteiger partial charge in [-0.05, 0) is 31.5 Å². The third-order valence-corrected chi connectivity index (χ3v) is 5.97. The zero-order chi connectivity index (χ0) is 22.7. The van der Waals surface area contributed by atoms with Crippen molar-refractivity contribution in [2.75, 3.05) is 26.2 Å². The van der Waals surface area contributed by atoms with Gasteiger partial charge in [0.25, 0.3) is 5.91 Å². The standard InChI is InChI=1S/C25H26ClN3O3/c1-3-13-32-25(31)29-12-11-28(16-17(29)2)24(30)19-9-10-20-21(26)15-22(27-23(20)14-19)18-7-5-4-6-8-18/h4-10,14-15,17H,3,11-13,16H2,1-2H3/t17-/m1/s1. The summed E-state index contributed by atoms with van der Waals surface area (Å²) in [5.74, 6) is -0.0802. The molecule has 6 nitrogen and oxygen atoms in total. The number of carbonyl (C=O) groups excluding carboxylic acids is 2. The van der Waals surface area contributed by atoms with Crippen LogP contribution in [-0.4, -0.2) is 59.1 Å². The zero-order valence-electron chi connectivity index (χ0n) is 18.3. The van der Waals surface area contributed by atoms with Gasteiger partial charge in [-0.1, -0.05) is 54.9 Å². The van der Waals surface area contributed by atoms with E-state index in [1.807, 2.05) is 56.3 Å². The van der Waals surface area contributed by atoms with E-state index < -0.39 is 0 Å². The molecule has 3 aromatic rings. The summed E-state index contributed by atoms with van der Waals surface area (Å²) in [6.45, 7) is 5.66. The van der Waals surface area contributed by atoms with Crippen LogP contribution < -0.4 is 0 Å². The number of amides is 2. The van der Waals surface area contributed by atoms with Gasteiger partial charge in [0.05, 0.1) is 22.8 Å². The van der Waals surface area contributed by atoms with Crippen molar-refractivity contribution in [2.24, 2.45) is 0 Å². The minimum Gasteiger partial charge on any atom is -0.449 e. The second kappa shape index (κ2) is 9.57. The summed E-state index contributed by atoms with van der Waals surface area (Å²) < 4.78 is 5.25. The van der Waals surface area contributed by atoms with Crippen LogP contribution in [0.15, 0.2) is 54.6 Å². The summed E-state index contributed by atoms with van der Waals surface area (Å²) in [6.07, 6.45) is 0.467. The van der Waals surface area contributed by atoms with Gasteiger partial charge in [-0.3, -0.25) is 4.79 Å². The Hall–Kier alpha value is -3.12. The van der Waals surface area contributed by atoms with Gasteiger partial charge >= 0.3 is 6.09 Å². The van der Waals surface area contributed by atoms with Gasteiger partial charge in [-0.25, -0.2) is 9.78 Å². The number of hydrogen-bond donors (Lipinski definition) is 0. The molecular weight excluding hydrogens is 426 g/mol. The fourth-order valence-corrected chi connectivity index (χ4v) is 4.21. The molecule has 1 saturated heterocycles. The van der Waals surface area contributed by atoms with Crippen LogP contribution >= 0.6 is 11.6 Å². The van der Waals surface area contributed by atoms with E-state index in [4.69, 9.17) is 21.3 Å². The van der Waals surface area contributed by atoms with Crippen LogP contribution in [0.2, 0.25) is 5.02 Å². The Kier molecular flexibility index (Phi) is 6.61. The fraction of sp³-hybridized carbons (Fsp3) is 0.320.